The van der Waals surface area contributed by atoms with Crippen molar-refractivity contribution in [3.05, 3.63) is 60.2 Å². The van der Waals surface area contributed by atoms with E-state index in [1.807, 2.05) is 30.3 Å². The van der Waals surface area contributed by atoms with Crippen molar-refractivity contribution < 1.29 is 4.39 Å². The van der Waals surface area contributed by atoms with Crippen molar-refractivity contribution >= 4 is 22.5 Å². The molecule has 3 aromatic heterocycles. The van der Waals surface area contributed by atoms with Crippen LogP contribution in [0.4, 0.5) is 16.0 Å². The first-order valence-corrected chi connectivity index (χ1v) is 9.57. The van der Waals surface area contributed by atoms with E-state index in [1.54, 1.807) is 6.07 Å². The Kier molecular flexibility index (Phi) is 4.12. The van der Waals surface area contributed by atoms with Gasteiger partial charge in [0.05, 0.1) is 17.4 Å². The molecule has 0 amide bonds. The third kappa shape index (κ3) is 3.16. The van der Waals surface area contributed by atoms with Crippen molar-refractivity contribution in [1.82, 2.24) is 25.4 Å². The van der Waals surface area contributed by atoms with Crippen LogP contribution in [0, 0.1) is 5.82 Å². The number of benzene rings is 1. The van der Waals surface area contributed by atoms with Crippen LogP contribution in [-0.2, 0) is 5.41 Å². The number of nitrogen functional groups attached to an aromatic ring is 1. The van der Waals surface area contributed by atoms with E-state index in [2.05, 4.69) is 30.7 Å². The lowest BCUT2D eigenvalue weighted by Crippen LogP contribution is -2.41. The molecule has 0 bridgehead atoms. The van der Waals surface area contributed by atoms with Crippen molar-refractivity contribution in [3.63, 3.8) is 0 Å². The minimum absolute atomic E-state index is 0.0715. The summed E-state index contributed by atoms with van der Waals surface area (Å²) in [6.45, 7) is 0.692. The maximum Gasteiger partial charge on any atom is 0.153 e. The fourth-order valence-electron chi connectivity index (χ4n) is 3.85. The molecule has 0 atom stereocenters. The van der Waals surface area contributed by atoms with Gasteiger partial charge < -0.3 is 11.1 Å². The number of aromatic amines is 1. The van der Waals surface area contributed by atoms with Gasteiger partial charge in [0.15, 0.2) is 5.82 Å². The highest BCUT2D eigenvalue weighted by atomic mass is 19.1. The number of aromatic nitrogens is 5. The topological polar surface area (TPSA) is 105 Å². The number of anilines is 2. The summed E-state index contributed by atoms with van der Waals surface area (Å²) in [7, 11) is 0. The van der Waals surface area contributed by atoms with E-state index in [4.69, 9.17) is 5.73 Å². The predicted octanol–water partition coefficient (Wildman–Crippen LogP) is 3.67. The summed E-state index contributed by atoms with van der Waals surface area (Å²) in [6, 6.07) is 12.9. The fraction of sp³-hybridized carbons (Fsp3) is 0.238. The van der Waals surface area contributed by atoms with Crippen LogP contribution in [-0.4, -0.2) is 31.9 Å². The Morgan fingerprint density at radius 1 is 1.10 bits per heavy atom. The lowest BCUT2D eigenvalue weighted by Gasteiger charge is -2.41. The molecule has 0 aliphatic heterocycles. The zero-order valence-corrected chi connectivity index (χ0v) is 15.7. The number of H-pyrrole nitrogens is 1. The Bertz CT molecular complexity index is 1150. The zero-order chi connectivity index (χ0) is 19.8. The summed E-state index contributed by atoms with van der Waals surface area (Å²) in [6.07, 6.45) is 4.48. The van der Waals surface area contributed by atoms with Gasteiger partial charge in [0.2, 0.25) is 0 Å². The standard InChI is InChI=1S/C21H20FN7/c22-14-3-6-18(24-11-14)21(8-1-9-21)12-25-19-7-5-16(26-28-19)13-2-4-17-15(10-13)20(23)29-27-17/h2-7,10-11H,1,8-9,12H2,(H,25,28)(H3,23,27,29). The van der Waals surface area contributed by atoms with Crippen LogP contribution in [0.3, 0.4) is 0 Å². The average molecular weight is 389 g/mol. The van der Waals surface area contributed by atoms with Gasteiger partial charge in [-0.1, -0.05) is 12.5 Å². The molecule has 7 nitrogen and oxygen atoms in total. The fourth-order valence-corrected chi connectivity index (χ4v) is 3.85. The van der Waals surface area contributed by atoms with Crippen molar-refractivity contribution in [2.45, 2.75) is 24.7 Å². The molecule has 0 spiro atoms. The van der Waals surface area contributed by atoms with E-state index in [9.17, 15) is 4.39 Å². The van der Waals surface area contributed by atoms with Gasteiger partial charge in [-0.15, -0.1) is 10.2 Å². The largest absolute Gasteiger partial charge is 0.382 e. The van der Waals surface area contributed by atoms with Crippen LogP contribution in [0.1, 0.15) is 25.0 Å². The normalized spacial score (nSPS) is 15.2. The number of pyridine rings is 1. The molecule has 5 rings (SSSR count). The Morgan fingerprint density at radius 2 is 2.00 bits per heavy atom. The van der Waals surface area contributed by atoms with Crippen molar-refractivity contribution in [2.75, 3.05) is 17.6 Å². The number of nitrogens with two attached hydrogens (primary N) is 1. The first-order valence-electron chi connectivity index (χ1n) is 9.57. The SMILES string of the molecule is Nc1n[nH]c2ccc(-c3ccc(NCC4(c5ccc(F)cn5)CCC4)nn3)cc12. The molecule has 0 radical (unpaired) electrons. The minimum atomic E-state index is -0.312. The molecular weight excluding hydrogens is 369 g/mol. The average Bonchev–Trinajstić information content (AvgIpc) is 3.09. The van der Waals surface area contributed by atoms with Crippen molar-refractivity contribution in [2.24, 2.45) is 0 Å². The summed E-state index contributed by atoms with van der Waals surface area (Å²) in [5.41, 5.74) is 9.31. The van der Waals surface area contributed by atoms with Gasteiger partial charge >= 0.3 is 0 Å². The summed E-state index contributed by atoms with van der Waals surface area (Å²) >= 11 is 0. The lowest BCUT2D eigenvalue weighted by atomic mass is 9.66. The van der Waals surface area contributed by atoms with Gasteiger partial charge in [-0.2, -0.15) is 5.10 Å². The smallest absolute Gasteiger partial charge is 0.153 e. The zero-order valence-electron chi connectivity index (χ0n) is 15.7. The molecule has 8 heteroatoms. The van der Waals surface area contributed by atoms with Gasteiger partial charge in [0.1, 0.15) is 11.6 Å². The van der Waals surface area contributed by atoms with Gasteiger partial charge in [0.25, 0.3) is 0 Å². The van der Waals surface area contributed by atoms with E-state index in [0.29, 0.717) is 18.2 Å². The lowest BCUT2D eigenvalue weighted by molar-refractivity contribution is 0.252. The molecule has 3 heterocycles. The second kappa shape index (κ2) is 6.80. The van der Waals surface area contributed by atoms with Crippen molar-refractivity contribution in [3.8, 4) is 11.3 Å². The summed E-state index contributed by atoms with van der Waals surface area (Å²) in [5.74, 6) is 0.854. The van der Waals surface area contributed by atoms with Gasteiger partial charge in [0, 0.05) is 28.6 Å². The molecular formula is C21H20FN7. The van der Waals surface area contributed by atoms with Gasteiger partial charge in [-0.3, -0.25) is 10.1 Å². The third-order valence-corrected chi connectivity index (χ3v) is 5.74. The monoisotopic (exact) mass is 389 g/mol. The molecule has 29 heavy (non-hydrogen) atoms. The summed E-state index contributed by atoms with van der Waals surface area (Å²) < 4.78 is 13.2. The van der Waals surface area contributed by atoms with Crippen LogP contribution >= 0.6 is 0 Å². The van der Waals surface area contributed by atoms with E-state index in [-0.39, 0.29) is 11.2 Å². The van der Waals surface area contributed by atoms with Crippen LogP contribution in [0.2, 0.25) is 0 Å². The molecule has 1 aromatic carbocycles. The predicted molar refractivity (Wildman–Crippen MR) is 110 cm³/mol. The van der Waals surface area contributed by atoms with E-state index >= 15 is 0 Å². The number of hydrogen-bond donors (Lipinski definition) is 3. The molecule has 1 saturated carbocycles. The number of hydrogen-bond acceptors (Lipinski definition) is 6. The third-order valence-electron chi connectivity index (χ3n) is 5.74. The highest BCUT2D eigenvalue weighted by Gasteiger charge is 2.39. The molecule has 1 fully saturated rings. The molecule has 0 unspecified atom stereocenters. The quantitative estimate of drug-likeness (QED) is 0.481. The molecule has 4 N–H and O–H groups in total. The van der Waals surface area contributed by atoms with Gasteiger partial charge in [-0.25, -0.2) is 4.39 Å². The van der Waals surface area contributed by atoms with Crippen molar-refractivity contribution in [1.29, 1.82) is 0 Å². The maximum absolute atomic E-state index is 13.2. The van der Waals surface area contributed by atoms with Gasteiger partial charge in [-0.05, 0) is 49.2 Å². The molecule has 146 valence electrons. The Labute approximate surface area is 166 Å². The second-order valence-corrected chi connectivity index (χ2v) is 7.52. The number of fused-ring (bicyclic) bond motifs is 1. The summed E-state index contributed by atoms with van der Waals surface area (Å²) in [5, 5.41) is 19.8. The maximum atomic E-state index is 13.2. The van der Waals surface area contributed by atoms with E-state index in [0.717, 1.165) is 47.1 Å². The highest BCUT2D eigenvalue weighted by molar-refractivity contribution is 5.91. The number of halogens is 1. The Morgan fingerprint density at radius 3 is 2.69 bits per heavy atom. The van der Waals surface area contributed by atoms with E-state index < -0.39 is 0 Å². The summed E-state index contributed by atoms with van der Waals surface area (Å²) in [4.78, 5) is 4.30. The molecule has 1 aliphatic carbocycles. The first kappa shape index (κ1) is 17.5. The second-order valence-electron chi connectivity index (χ2n) is 7.52. The molecule has 1 aliphatic rings. The highest BCUT2D eigenvalue weighted by Crippen LogP contribution is 2.42. The van der Waals surface area contributed by atoms with Crippen LogP contribution in [0.5, 0.6) is 0 Å². The van der Waals surface area contributed by atoms with Crippen LogP contribution in [0.15, 0.2) is 48.7 Å². The Hall–Kier alpha value is -3.55. The molecule has 4 aromatic rings. The van der Waals surface area contributed by atoms with Crippen LogP contribution < -0.4 is 11.1 Å². The number of nitrogens with zero attached hydrogens (tertiary/aromatic N) is 4. The van der Waals surface area contributed by atoms with E-state index in [1.165, 1.54) is 12.3 Å². The number of rotatable bonds is 5. The first-order chi connectivity index (χ1) is 14.1. The Balaban J connectivity index is 1.32. The molecule has 0 saturated heterocycles. The minimum Gasteiger partial charge on any atom is -0.382 e. The number of nitrogens with one attached hydrogen (secondary N) is 2. The van der Waals surface area contributed by atoms with Crippen LogP contribution in [0.25, 0.3) is 22.2 Å².